The monoisotopic (exact) mass is 234 g/mol. The Balaban J connectivity index is 2.43. The first-order valence-electron chi connectivity index (χ1n) is 4.82. The highest BCUT2D eigenvalue weighted by Crippen LogP contribution is 2.70. The van der Waals surface area contributed by atoms with Crippen LogP contribution in [0.5, 0.6) is 0 Å². The molecule has 3 heteroatoms. The molecule has 80 valence electrons. The van der Waals surface area contributed by atoms with Crippen molar-refractivity contribution in [2.24, 2.45) is 11.3 Å². The highest BCUT2D eigenvalue weighted by Gasteiger charge is 2.69. The summed E-state index contributed by atoms with van der Waals surface area (Å²) >= 11 is 12.3. The zero-order valence-electron chi connectivity index (χ0n) is 8.81. The van der Waals surface area contributed by atoms with Crippen LogP contribution in [0.3, 0.4) is 0 Å². The first kappa shape index (κ1) is 12.1. The van der Waals surface area contributed by atoms with Gasteiger partial charge in [-0.3, -0.25) is 4.79 Å². The van der Waals surface area contributed by atoms with Gasteiger partial charge in [-0.15, -0.1) is 23.2 Å². The molecule has 1 fully saturated rings. The molecule has 0 aromatic rings. The van der Waals surface area contributed by atoms with E-state index in [0.717, 1.165) is 24.7 Å². The van der Waals surface area contributed by atoms with Crippen LogP contribution in [0.25, 0.3) is 0 Å². The molecule has 0 saturated heterocycles. The maximum absolute atomic E-state index is 10.2. The van der Waals surface area contributed by atoms with Crippen molar-refractivity contribution in [3.8, 4) is 0 Å². The fourth-order valence-corrected chi connectivity index (χ4v) is 2.79. The number of alkyl halides is 2. The summed E-state index contributed by atoms with van der Waals surface area (Å²) in [5.41, 5.74) is 1.10. The van der Waals surface area contributed by atoms with Crippen LogP contribution in [0.4, 0.5) is 0 Å². The van der Waals surface area contributed by atoms with Gasteiger partial charge in [-0.2, -0.15) is 0 Å². The van der Waals surface area contributed by atoms with Crippen LogP contribution in [0.1, 0.15) is 33.6 Å². The minimum absolute atomic E-state index is 0.0115. The van der Waals surface area contributed by atoms with Gasteiger partial charge in [-0.05, 0) is 25.8 Å². The van der Waals surface area contributed by atoms with Crippen LogP contribution in [0, 0.1) is 11.3 Å². The van der Waals surface area contributed by atoms with Crippen LogP contribution in [0.2, 0.25) is 0 Å². The minimum atomic E-state index is -0.575. The average molecular weight is 235 g/mol. The Bertz CT molecular complexity index is 252. The van der Waals surface area contributed by atoms with Gasteiger partial charge in [0, 0.05) is 11.3 Å². The van der Waals surface area contributed by atoms with Gasteiger partial charge in [0.25, 0.3) is 0 Å². The van der Waals surface area contributed by atoms with E-state index < -0.39 is 4.33 Å². The van der Waals surface area contributed by atoms with Crippen molar-refractivity contribution < 1.29 is 4.79 Å². The number of hydrogen-bond donors (Lipinski definition) is 0. The molecule has 0 aliphatic heterocycles. The van der Waals surface area contributed by atoms with Crippen molar-refractivity contribution in [2.45, 2.75) is 37.9 Å². The van der Waals surface area contributed by atoms with Gasteiger partial charge in [0.2, 0.25) is 0 Å². The van der Waals surface area contributed by atoms with E-state index in [1.165, 1.54) is 0 Å². The van der Waals surface area contributed by atoms with Crippen molar-refractivity contribution in [2.75, 3.05) is 0 Å². The van der Waals surface area contributed by atoms with E-state index in [9.17, 15) is 4.79 Å². The molecule has 1 aliphatic carbocycles. The number of carbonyl (C=O) groups is 1. The third-order valence-corrected chi connectivity index (χ3v) is 4.77. The predicted octanol–water partition coefficient (Wildman–Crippen LogP) is 3.74. The molecule has 0 heterocycles. The molecular weight excluding hydrogens is 219 g/mol. The predicted molar refractivity (Wildman–Crippen MR) is 60.8 cm³/mol. The summed E-state index contributed by atoms with van der Waals surface area (Å²) in [6.07, 6.45) is 4.27. The van der Waals surface area contributed by atoms with E-state index in [2.05, 4.69) is 13.8 Å². The molecule has 1 saturated carbocycles. The normalized spacial score (nSPS) is 28.6. The molecule has 0 bridgehead atoms. The molecule has 0 amide bonds. The zero-order chi connectivity index (χ0) is 11.0. The fraction of sp³-hybridized carbons (Fsp3) is 0.727. The lowest BCUT2D eigenvalue weighted by atomic mass is 10.0. The SMILES string of the molecule is CC(=CC=O)CCC1C(C)(C)C1(Cl)Cl. The Morgan fingerprint density at radius 3 is 2.29 bits per heavy atom. The molecule has 1 atom stereocenters. The van der Waals surface area contributed by atoms with Crippen molar-refractivity contribution in [3.05, 3.63) is 11.6 Å². The van der Waals surface area contributed by atoms with Crippen LogP contribution < -0.4 is 0 Å². The molecule has 1 unspecified atom stereocenters. The molecular formula is C11H16Cl2O. The molecule has 0 N–H and O–H groups in total. The first-order chi connectivity index (χ1) is 6.34. The molecule has 0 aromatic carbocycles. The lowest BCUT2D eigenvalue weighted by Crippen LogP contribution is -1.96. The topological polar surface area (TPSA) is 17.1 Å². The molecule has 0 radical (unpaired) electrons. The van der Waals surface area contributed by atoms with Crippen molar-refractivity contribution in [3.63, 3.8) is 0 Å². The van der Waals surface area contributed by atoms with Gasteiger partial charge in [0.15, 0.2) is 0 Å². The molecule has 1 rings (SSSR count). The second-order valence-corrected chi connectivity index (χ2v) is 5.97. The first-order valence-corrected chi connectivity index (χ1v) is 5.58. The number of carbonyl (C=O) groups excluding carboxylic acids is 1. The van der Waals surface area contributed by atoms with Crippen molar-refractivity contribution in [1.82, 2.24) is 0 Å². The van der Waals surface area contributed by atoms with Gasteiger partial charge in [-0.25, -0.2) is 0 Å². The minimum Gasteiger partial charge on any atom is -0.299 e. The van der Waals surface area contributed by atoms with Gasteiger partial charge in [0.05, 0.1) is 0 Å². The maximum atomic E-state index is 10.2. The van der Waals surface area contributed by atoms with E-state index in [1.807, 2.05) is 6.92 Å². The van der Waals surface area contributed by atoms with Crippen molar-refractivity contribution >= 4 is 29.5 Å². The Morgan fingerprint density at radius 2 is 1.93 bits per heavy atom. The molecule has 14 heavy (non-hydrogen) atoms. The lowest BCUT2D eigenvalue weighted by molar-refractivity contribution is -0.104. The second kappa shape index (κ2) is 3.86. The lowest BCUT2D eigenvalue weighted by Gasteiger charge is -2.01. The maximum Gasteiger partial charge on any atom is 0.142 e. The van der Waals surface area contributed by atoms with Crippen LogP contribution in [-0.2, 0) is 4.79 Å². The summed E-state index contributed by atoms with van der Waals surface area (Å²) < 4.78 is -0.575. The third kappa shape index (κ3) is 1.99. The van der Waals surface area contributed by atoms with E-state index in [4.69, 9.17) is 23.2 Å². The average Bonchev–Trinajstić information content (AvgIpc) is 2.41. The largest absolute Gasteiger partial charge is 0.299 e. The summed E-state index contributed by atoms with van der Waals surface area (Å²) in [5.74, 6) is 0.341. The van der Waals surface area contributed by atoms with E-state index in [0.29, 0.717) is 5.92 Å². The summed E-state index contributed by atoms with van der Waals surface area (Å²) in [6.45, 7) is 6.11. The van der Waals surface area contributed by atoms with Gasteiger partial charge < -0.3 is 0 Å². The fourth-order valence-electron chi connectivity index (χ4n) is 1.87. The second-order valence-electron chi connectivity index (χ2n) is 4.59. The van der Waals surface area contributed by atoms with Crippen LogP contribution >= 0.6 is 23.2 Å². The van der Waals surface area contributed by atoms with Gasteiger partial charge in [0.1, 0.15) is 10.6 Å². The third-order valence-electron chi connectivity index (χ3n) is 3.26. The summed E-state index contributed by atoms with van der Waals surface area (Å²) in [5, 5.41) is 0. The number of allylic oxidation sites excluding steroid dienone is 2. The Kier molecular flexibility index (Phi) is 3.33. The smallest absolute Gasteiger partial charge is 0.142 e. The van der Waals surface area contributed by atoms with E-state index >= 15 is 0 Å². The van der Waals surface area contributed by atoms with Crippen LogP contribution in [0.15, 0.2) is 11.6 Å². The summed E-state index contributed by atoms with van der Waals surface area (Å²) in [6, 6.07) is 0. The van der Waals surface area contributed by atoms with E-state index in [1.54, 1.807) is 6.08 Å². The number of aldehydes is 1. The molecule has 1 nitrogen and oxygen atoms in total. The number of hydrogen-bond acceptors (Lipinski definition) is 1. The van der Waals surface area contributed by atoms with Crippen molar-refractivity contribution in [1.29, 1.82) is 0 Å². The van der Waals surface area contributed by atoms with Crippen LogP contribution in [-0.4, -0.2) is 10.6 Å². The highest BCUT2D eigenvalue weighted by atomic mass is 35.5. The Labute approximate surface area is 95.5 Å². The summed E-state index contributed by atoms with van der Waals surface area (Å²) in [7, 11) is 0. The quantitative estimate of drug-likeness (QED) is 0.412. The molecule has 0 aromatic heterocycles. The number of halogens is 2. The highest BCUT2D eigenvalue weighted by molar-refractivity contribution is 6.51. The molecule has 0 spiro atoms. The van der Waals surface area contributed by atoms with Gasteiger partial charge >= 0.3 is 0 Å². The van der Waals surface area contributed by atoms with Gasteiger partial charge in [-0.1, -0.05) is 19.4 Å². The Morgan fingerprint density at radius 1 is 1.43 bits per heavy atom. The molecule has 1 aliphatic rings. The van der Waals surface area contributed by atoms with E-state index in [-0.39, 0.29) is 5.41 Å². The zero-order valence-corrected chi connectivity index (χ0v) is 10.3. The Hall–Kier alpha value is -0.0100. The standard InChI is InChI=1S/C11H16Cl2O/c1-8(6-7-14)4-5-9-10(2,3)11(9,12)13/h6-7,9H,4-5H2,1-3H3. The summed E-state index contributed by atoms with van der Waals surface area (Å²) in [4.78, 5) is 10.2. The number of rotatable bonds is 4.